The molecular weight excluding hydrogens is 568 g/mol. The average molecular weight is 593 g/mol. The Morgan fingerprint density at radius 3 is 2.37 bits per heavy atom. The summed E-state index contributed by atoms with van der Waals surface area (Å²) in [5, 5.41) is 8.10. The largest absolute Gasteiger partial charge is 0.284 e. The lowest BCUT2D eigenvalue weighted by Gasteiger charge is -2.25. The van der Waals surface area contributed by atoms with Gasteiger partial charge in [-0.2, -0.15) is 9.40 Å². The summed E-state index contributed by atoms with van der Waals surface area (Å²) in [6, 6.07) is 15.6. The van der Waals surface area contributed by atoms with Gasteiger partial charge in [-0.3, -0.25) is 5.10 Å². The van der Waals surface area contributed by atoms with Crippen molar-refractivity contribution < 1.29 is 12.8 Å². The summed E-state index contributed by atoms with van der Waals surface area (Å²) in [6.07, 6.45) is 6.15. The summed E-state index contributed by atoms with van der Waals surface area (Å²) in [6.45, 7) is 1.13. The Morgan fingerprint density at radius 2 is 1.61 bits per heavy atom. The number of piperidine rings is 1. The summed E-state index contributed by atoms with van der Waals surface area (Å²) in [7, 11) is -3.52. The number of hydrogen-bond donors (Lipinski definition) is 1. The fraction of sp³-hybridized carbons (Fsp3) is 0.192. The van der Waals surface area contributed by atoms with E-state index in [1.807, 2.05) is 24.3 Å². The molecule has 1 fully saturated rings. The third-order valence-electron chi connectivity index (χ3n) is 6.43. The van der Waals surface area contributed by atoms with Gasteiger partial charge in [0.25, 0.3) is 10.0 Å². The van der Waals surface area contributed by atoms with Crippen molar-refractivity contribution in [3.8, 4) is 33.0 Å². The van der Waals surface area contributed by atoms with E-state index in [2.05, 4.69) is 20.2 Å². The molecule has 0 saturated carbocycles. The van der Waals surface area contributed by atoms with Crippen molar-refractivity contribution in [3.63, 3.8) is 0 Å². The highest BCUT2D eigenvalue weighted by Gasteiger charge is 2.28. The molecule has 7 nitrogen and oxygen atoms in total. The van der Waals surface area contributed by atoms with Gasteiger partial charge in [0.15, 0.2) is 0 Å². The minimum atomic E-state index is -3.52. The van der Waals surface area contributed by atoms with Crippen LogP contribution in [0.5, 0.6) is 0 Å². The molecule has 0 amide bonds. The second kappa shape index (κ2) is 11.5. The van der Waals surface area contributed by atoms with Crippen molar-refractivity contribution >= 4 is 57.1 Å². The standard InChI is InChI=1S/C26H22FN5O2S2.2ClH/c27-19-7-4-17(5-8-19)25-21(15-30-31-25)18-6-9-22-20(14-18)26(29-16-28-22)23-10-11-24(35-23)36(33,34)32-12-2-1-3-13-32;;/h4-11,14-16H,1-3,12-13H2,(H,30,31);2*1H. The first-order chi connectivity index (χ1) is 17.5. The van der Waals surface area contributed by atoms with Gasteiger partial charge in [0, 0.05) is 35.8 Å². The summed E-state index contributed by atoms with van der Waals surface area (Å²) >= 11 is 1.23. The van der Waals surface area contributed by atoms with Crippen LogP contribution in [0.2, 0.25) is 0 Å². The van der Waals surface area contributed by atoms with Crippen LogP contribution in [-0.4, -0.2) is 46.0 Å². The number of H-pyrrole nitrogens is 1. The van der Waals surface area contributed by atoms with Crippen molar-refractivity contribution in [2.24, 2.45) is 0 Å². The van der Waals surface area contributed by atoms with Gasteiger partial charge < -0.3 is 0 Å². The number of nitrogens with one attached hydrogen (secondary N) is 1. The summed E-state index contributed by atoms with van der Waals surface area (Å²) in [5.41, 5.74) is 4.69. The van der Waals surface area contributed by atoms with E-state index >= 15 is 0 Å². The molecule has 1 N–H and O–H groups in total. The van der Waals surface area contributed by atoms with Crippen LogP contribution in [0.1, 0.15) is 19.3 Å². The maximum atomic E-state index is 13.4. The topological polar surface area (TPSA) is 91.8 Å². The number of aromatic amines is 1. The monoisotopic (exact) mass is 591 g/mol. The van der Waals surface area contributed by atoms with E-state index in [1.54, 1.807) is 28.7 Å². The summed E-state index contributed by atoms with van der Waals surface area (Å²) < 4.78 is 41.7. The van der Waals surface area contributed by atoms with E-state index in [1.165, 1.54) is 29.8 Å². The Hall–Kier alpha value is -2.89. The highest BCUT2D eigenvalue weighted by Crippen LogP contribution is 2.37. The number of nitrogens with zero attached hydrogens (tertiary/aromatic N) is 4. The molecule has 3 aromatic heterocycles. The van der Waals surface area contributed by atoms with Gasteiger partial charge in [0.1, 0.15) is 16.4 Å². The number of thiophene rings is 1. The molecule has 1 saturated heterocycles. The fourth-order valence-electron chi connectivity index (χ4n) is 4.58. The zero-order valence-electron chi connectivity index (χ0n) is 20.0. The van der Waals surface area contributed by atoms with Crippen LogP contribution in [0.3, 0.4) is 0 Å². The number of rotatable bonds is 5. The van der Waals surface area contributed by atoms with E-state index < -0.39 is 10.0 Å². The van der Waals surface area contributed by atoms with Gasteiger partial charge in [0.05, 0.1) is 21.8 Å². The van der Waals surface area contributed by atoms with Crippen molar-refractivity contribution in [1.29, 1.82) is 0 Å². The molecular formula is C26H24Cl2FN5O2S2. The third kappa shape index (κ3) is 5.19. The zero-order valence-corrected chi connectivity index (χ0v) is 23.3. The van der Waals surface area contributed by atoms with Crippen LogP contribution in [-0.2, 0) is 10.0 Å². The highest BCUT2D eigenvalue weighted by molar-refractivity contribution is 7.91. The minimum Gasteiger partial charge on any atom is -0.284 e. The zero-order chi connectivity index (χ0) is 24.7. The predicted molar refractivity (Wildman–Crippen MR) is 153 cm³/mol. The first-order valence-corrected chi connectivity index (χ1v) is 13.9. The van der Waals surface area contributed by atoms with Crippen LogP contribution >= 0.6 is 36.2 Å². The number of benzene rings is 2. The lowest BCUT2D eigenvalue weighted by molar-refractivity contribution is 0.347. The predicted octanol–water partition coefficient (Wildman–Crippen LogP) is 6.57. The number of sulfonamides is 1. The molecule has 0 bridgehead atoms. The van der Waals surface area contributed by atoms with Crippen molar-refractivity contribution in [2.75, 3.05) is 13.1 Å². The van der Waals surface area contributed by atoms with E-state index in [0.29, 0.717) is 28.7 Å². The lowest BCUT2D eigenvalue weighted by Crippen LogP contribution is -2.35. The lowest BCUT2D eigenvalue weighted by atomic mass is 9.99. The highest BCUT2D eigenvalue weighted by atomic mass is 35.5. The van der Waals surface area contributed by atoms with Gasteiger partial charge >= 0.3 is 0 Å². The molecule has 2 aromatic carbocycles. The second-order valence-corrected chi connectivity index (χ2v) is 11.9. The van der Waals surface area contributed by atoms with Crippen molar-refractivity contribution in [1.82, 2.24) is 24.5 Å². The number of aromatic nitrogens is 4. The Kier molecular flexibility index (Phi) is 8.49. The van der Waals surface area contributed by atoms with Crippen LogP contribution in [0.15, 0.2) is 71.3 Å². The maximum Gasteiger partial charge on any atom is 0.252 e. The molecule has 12 heteroatoms. The molecule has 38 heavy (non-hydrogen) atoms. The van der Waals surface area contributed by atoms with E-state index in [-0.39, 0.29) is 30.6 Å². The van der Waals surface area contributed by atoms with Crippen molar-refractivity contribution in [2.45, 2.75) is 23.5 Å². The molecule has 0 spiro atoms. The average Bonchev–Trinajstić information content (AvgIpc) is 3.60. The minimum absolute atomic E-state index is 0. The number of fused-ring (bicyclic) bond motifs is 1. The Balaban J connectivity index is 0.00000168. The summed E-state index contributed by atoms with van der Waals surface area (Å²) in [4.78, 5) is 9.70. The second-order valence-electron chi connectivity index (χ2n) is 8.69. The normalized spacial score (nSPS) is 14.1. The first-order valence-electron chi connectivity index (χ1n) is 11.7. The van der Waals surface area contributed by atoms with Gasteiger partial charge in [0.2, 0.25) is 0 Å². The third-order valence-corrected chi connectivity index (χ3v) is 9.89. The Bertz CT molecular complexity index is 1670. The molecule has 0 unspecified atom stereocenters. The van der Waals surface area contributed by atoms with Crippen LogP contribution < -0.4 is 0 Å². The Morgan fingerprint density at radius 1 is 0.868 bits per heavy atom. The smallest absolute Gasteiger partial charge is 0.252 e. The molecule has 1 aliphatic rings. The molecule has 6 rings (SSSR count). The number of halogens is 3. The van der Waals surface area contributed by atoms with Crippen LogP contribution in [0, 0.1) is 5.82 Å². The molecule has 198 valence electrons. The Labute approximate surface area is 236 Å². The molecule has 0 radical (unpaired) electrons. The quantitative estimate of drug-likeness (QED) is 0.249. The SMILES string of the molecule is Cl.Cl.O=S(=O)(c1ccc(-c2ncnc3ccc(-c4c[nH]nc4-c4ccc(F)cc4)cc23)s1)N1CCCCC1. The van der Waals surface area contributed by atoms with Crippen LogP contribution in [0.4, 0.5) is 4.39 Å². The summed E-state index contributed by atoms with van der Waals surface area (Å²) in [5.74, 6) is -0.305. The van der Waals surface area contributed by atoms with Gasteiger partial charge in [-0.25, -0.2) is 22.8 Å². The van der Waals surface area contributed by atoms with E-state index in [4.69, 9.17) is 0 Å². The first kappa shape index (κ1) is 28.1. The van der Waals surface area contributed by atoms with Gasteiger partial charge in [-0.1, -0.05) is 12.5 Å². The number of hydrogen-bond acceptors (Lipinski definition) is 6. The van der Waals surface area contributed by atoms with Gasteiger partial charge in [-0.05, 0) is 66.9 Å². The maximum absolute atomic E-state index is 13.4. The molecule has 5 aromatic rings. The fourth-order valence-corrected chi connectivity index (χ4v) is 7.57. The molecule has 0 atom stereocenters. The van der Waals surface area contributed by atoms with Gasteiger partial charge in [-0.15, -0.1) is 36.2 Å². The van der Waals surface area contributed by atoms with Crippen molar-refractivity contribution in [3.05, 3.63) is 72.9 Å². The van der Waals surface area contributed by atoms with E-state index in [9.17, 15) is 12.8 Å². The van der Waals surface area contributed by atoms with E-state index in [0.717, 1.165) is 51.7 Å². The van der Waals surface area contributed by atoms with Crippen LogP contribution in [0.25, 0.3) is 43.9 Å². The molecule has 1 aliphatic heterocycles. The molecule has 4 heterocycles. The molecule has 0 aliphatic carbocycles.